The second-order valence-electron chi connectivity index (χ2n) is 8.51. The molecular weight excluding hydrogens is 404 g/mol. The van der Waals surface area contributed by atoms with Crippen molar-refractivity contribution < 1.29 is 18.7 Å². The lowest BCUT2D eigenvalue weighted by Crippen LogP contribution is -2.13. The minimum Gasteiger partial charge on any atom is -0.462 e. The van der Waals surface area contributed by atoms with E-state index in [1.807, 2.05) is 26.0 Å². The number of carbonyl (C=O) groups is 2. The van der Waals surface area contributed by atoms with Gasteiger partial charge in [-0.1, -0.05) is 52.0 Å². The van der Waals surface area contributed by atoms with Crippen LogP contribution in [0.4, 0.5) is 5.69 Å². The zero-order valence-corrected chi connectivity index (χ0v) is 19.1. The first kappa shape index (κ1) is 23.3. The van der Waals surface area contributed by atoms with Crippen molar-refractivity contribution in [2.45, 2.75) is 46.5 Å². The molecule has 1 aromatic heterocycles. The molecule has 6 nitrogen and oxygen atoms in total. The average molecular weight is 435 g/mol. The van der Waals surface area contributed by atoms with Gasteiger partial charge in [0.1, 0.15) is 0 Å². The number of oxazole rings is 1. The summed E-state index contributed by atoms with van der Waals surface area (Å²) in [5, 5.41) is 2.82. The molecule has 0 atom stereocenters. The normalized spacial score (nSPS) is 11.1. The van der Waals surface area contributed by atoms with Gasteiger partial charge in [-0.3, -0.25) is 4.79 Å². The summed E-state index contributed by atoms with van der Waals surface area (Å²) in [4.78, 5) is 28.5. The van der Waals surface area contributed by atoms with E-state index in [0.717, 1.165) is 5.56 Å². The highest BCUT2D eigenvalue weighted by Crippen LogP contribution is 2.24. The summed E-state index contributed by atoms with van der Waals surface area (Å²) in [5.74, 6) is 1.45. The van der Waals surface area contributed by atoms with E-state index in [9.17, 15) is 9.59 Å². The number of ether oxygens (including phenoxy) is 1. The van der Waals surface area contributed by atoms with Gasteiger partial charge in [0, 0.05) is 24.1 Å². The zero-order valence-electron chi connectivity index (χ0n) is 19.1. The van der Waals surface area contributed by atoms with Crippen LogP contribution in [0.5, 0.6) is 0 Å². The van der Waals surface area contributed by atoms with E-state index in [1.165, 1.54) is 5.56 Å². The van der Waals surface area contributed by atoms with Crippen molar-refractivity contribution in [1.29, 1.82) is 0 Å². The lowest BCUT2D eigenvalue weighted by Gasteiger charge is -2.08. The summed E-state index contributed by atoms with van der Waals surface area (Å²) in [6.07, 6.45) is 2.33. The molecule has 0 unspecified atom stereocenters. The quantitative estimate of drug-likeness (QED) is 0.427. The Hall–Kier alpha value is -3.41. The molecule has 1 N–H and O–H groups in total. The number of aryl methyl sites for hydroxylation is 1. The zero-order chi connectivity index (χ0) is 23.1. The van der Waals surface area contributed by atoms with E-state index in [-0.39, 0.29) is 24.2 Å². The average Bonchev–Trinajstić information content (AvgIpc) is 3.26. The van der Waals surface area contributed by atoms with Gasteiger partial charge in [-0.05, 0) is 41.7 Å². The van der Waals surface area contributed by atoms with Gasteiger partial charge in [0.05, 0.1) is 18.4 Å². The van der Waals surface area contributed by atoms with E-state index in [2.05, 4.69) is 36.3 Å². The molecule has 1 amide bonds. The van der Waals surface area contributed by atoms with Crippen molar-refractivity contribution in [3.8, 4) is 11.3 Å². The lowest BCUT2D eigenvalue weighted by molar-refractivity contribution is -0.116. The number of esters is 1. The summed E-state index contributed by atoms with van der Waals surface area (Å²) in [5.41, 5.74) is 3.31. The fourth-order valence-corrected chi connectivity index (χ4v) is 3.05. The molecule has 0 spiro atoms. The van der Waals surface area contributed by atoms with Gasteiger partial charge < -0.3 is 14.5 Å². The van der Waals surface area contributed by atoms with Crippen LogP contribution in [0.3, 0.4) is 0 Å². The molecule has 0 radical (unpaired) electrons. The predicted octanol–water partition coefficient (Wildman–Crippen LogP) is 5.85. The molecule has 0 aliphatic carbocycles. The van der Waals surface area contributed by atoms with Gasteiger partial charge in [0.25, 0.3) is 0 Å². The number of hydrogen-bond donors (Lipinski definition) is 1. The number of nitrogens with one attached hydrogen (secondary N) is 1. The third-order valence-electron chi connectivity index (χ3n) is 4.93. The second kappa shape index (κ2) is 10.8. The number of benzene rings is 2. The molecule has 3 aromatic rings. The summed E-state index contributed by atoms with van der Waals surface area (Å²) in [6.45, 7) is 8.65. The highest BCUT2D eigenvalue weighted by Gasteiger charge is 2.11. The van der Waals surface area contributed by atoms with Crippen molar-refractivity contribution in [1.82, 2.24) is 4.98 Å². The Balaban J connectivity index is 1.49. The Labute approximate surface area is 189 Å². The molecule has 0 aliphatic heterocycles. The molecule has 168 valence electrons. The van der Waals surface area contributed by atoms with E-state index in [0.29, 0.717) is 41.8 Å². The Kier molecular flexibility index (Phi) is 7.82. The minimum atomic E-state index is -0.366. The molecule has 6 heteroatoms. The van der Waals surface area contributed by atoms with Crippen molar-refractivity contribution >= 4 is 17.6 Å². The SMILES string of the molecule is CC(C)COC(=O)c1ccc(NC(=O)CCc2ncc(-c3ccc(C(C)C)cc3)o2)cc1. The topological polar surface area (TPSA) is 81.4 Å². The van der Waals surface area contributed by atoms with E-state index in [1.54, 1.807) is 30.5 Å². The molecular formula is C26H30N2O4. The van der Waals surface area contributed by atoms with E-state index < -0.39 is 0 Å². The fraction of sp³-hybridized carbons (Fsp3) is 0.346. The number of amides is 1. The number of nitrogens with zero attached hydrogens (tertiary/aromatic N) is 1. The third-order valence-corrected chi connectivity index (χ3v) is 4.93. The molecule has 1 heterocycles. The maximum Gasteiger partial charge on any atom is 0.338 e. The van der Waals surface area contributed by atoms with Gasteiger partial charge in [-0.15, -0.1) is 0 Å². The van der Waals surface area contributed by atoms with Crippen LogP contribution in [0.15, 0.2) is 59.1 Å². The van der Waals surface area contributed by atoms with Crippen LogP contribution < -0.4 is 5.32 Å². The summed E-state index contributed by atoms with van der Waals surface area (Å²) in [6, 6.07) is 14.9. The fourth-order valence-electron chi connectivity index (χ4n) is 3.05. The van der Waals surface area contributed by atoms with Gasteiger partial charge in [0.15, 0.2) is 11.7 Å². The molecule has 32 heavy (non-hydrogen) atoms. The van der Waals surface area contributed by atoms with Crippen LogP contribution in [0.1, 0.15) is 61.8 Å². The summed E-state index contributed by atoms with van der Waals surface area (Å²) in [7, 11) is 0. The highest BCUT2D eigenvalue weighted by molar-refractivity contribution is 5.93. The second-order valence-corrected chi connectivity index (χ2v) is 8.51. The minimum absolute atomic E-state index is 0.152. The van der Waals surface area contributed by atoms with Crippen LogP contribution in [0.25, 0.3) is 11.3 Å². The van der Waals surface area contributed by atoms with Crippen LogP contribution in [0.2, 0.25) is 0 Å². The molecule has 3 rings (SSSR count). The molecule has 0 bridgehead atoms. The van der Waals surface area contributed by atoms with Crippen molar-refractivity contribution in [2.75, 3.05) is 11.9 Å². The number of rotatable bonds is 9. The largest absolute Gasteiger partial charge is 0.462 e. The third kappa shape index (κ3) is 6.54. The van der Waals surface area contributed by atoms with Crippen LogP contribution >= 0.6 is 0 Å². The lowest BCUT2D eigenvalue weighted by atomic mass is 10.0. The monoisotopic (exact) mass is 434 g/mol. The maximum atomic E-state index is 12.3. The summed E-state index contributed by atoms with van der Waals surface area (Å²) < 4.78 is 11.0. The Morgan fingerprint density at radius 2 is 1.69 bits per heavy atom. The first-order valence-corrected chi connectivity index (χ1v) is 10.9. The van der Waals surface area contributed by atoms with Crippen LogP contribution in [0, 0.1) is 5.92 Å². The smallest absolute Gasteiger partial charge is 0.338 e. The molecule has 0 fully saturated rings. The number of anilines is 1. The Morgan fingerprint density at radius 3 is 2.31 bits per heavy atom. The molecule has 0 aliphatic rings. The van der Waals surface area contributed by atoms with E-state index >= 15 is 0 Å². The van der Waals surface area contributed by atoms with Crippen LogP contribution in [-0.2, 0) is 16.0 Å². The highest BCUT2D eigenvalue weighted by atomic mass is 16.5. The number of carbonyl (C=O) groups excluding carboxylic acids is 2. The Morgan fingerprint density at radius 1 is 1.00 bits per heavy atom. The Bertz CT molecular complexity index is 1030. The number of aromatic nitrogens is 1. The van der Waals surface area contributed by atoms with Gasteiger partial charge in [-0.25, -0.2) is 9.78 Å². The molecule has 0 saturated carbocycles. The van der Waals surface area contributed by atoms with Gasteiger partial charge in [0.2, 0.25) is 5.91 Å². The first-order chi connectivity index (χ1) is 15.3. The van der Waals surface area contributed by atoms with Crippen molar-refractivity contribution in [3.63, 3.8) is 0 Å². The first-order valence-electron chi connectivity index (χ1n) is 10.9. The molecule has 0 saturated heterocycles. The number of hydrogen-bond acceptors (Lipinski definition) is 5. The van der Waals surface area contributed by atoms with Gasteiger partial charge >= 0.3 is 5.97 Å². The van der Waals surface area contributed by atoms with Gasteiger partial charge in [-0.2, -0.15) is 0 Å². The van der Waals surface area contributed by atoms with Crippen LogP contribution in [-0.4, -0.2) is 23.5 Å². The maximum absolute atomic E-state index is 12.3. The molecule has 2 aromatic carbocycles. The predicted molar refractivity (Wildman–Crippen MR) is 125 cm³/mol. The summed E-state index contributed by atoms with van der Waals surface area (Å²) >= 11 is 0. The van der Waals surface area contributed by atoms with E-state index in [4.69, 9.17) is 9.15 Å². The van der Waals surface area contributed by atoms with Crippen molar-refractivity contribution in [2.24, 2.45) is 5.92 Å². The standard InChI is InChI=1S/C26H30N2O4/c1-17(2)16-31-26(30)21-9-11-22(12-10-21)28-24(29)13-14-25-27-15-23(32-25)20-7-5-19(6-8-20)18(3)4/h5-12,15,17-18H,13-14,16H2,1-4H3,(H,28,29). The van der Waals surface area contributed by atoms with Crippen molar-refractivity contribution in [3.05, 3.63) is 71.7 Å².